The van der Waals surface area contributed by atoms with Crippen molar-refractivity contribution in [3.8, 4) is 11.3 Å². The number of aliphatic imine (C=N–C) groups is 1. The SMILES string of the molecule is Fc1ccc(C2CC(c3ccc(Cl)cc3)=Nc3nc(-c4ccccc4)cn32)cc1. The summed E-state index contributed by atoms with van der Waals surface area (Å²) in [6.45, 7) is 0. The van der Waals surface area contributed by atoms with E-state index in [0.29, 0.717) is 17.4 Å². The summed E-state index contributed by atoms with van der Waals surface area (Å²) in [7, 11) is 0. The minimum atomic E-state index is -0.244. The molecule has 0 amide bonds. The van der Waals surface area contributed by atoms with Crippen molar-refractivity contribution in [2.24, 2.45) is 4.99 Å². The molecule has 1 aromatic heterocycles. The molecular formula is C24H17ClFN3. The second kappa shape index (κ2) is 7.30. The second-order valence-electron chi connectivity index (χ2n) is 7.04. The van der Waals surface area contributed by atoms with Crippen molar-refractivity contribution in [3.63, 3.8) is 0 Å². The molecule has 3 nitrogen and oxygen atoms in total. The fourth-order valence-electron chi connectivity index (χ4n) is 3.68. The lowest BCUT2D eigenvalue weighted by molar-refractivity contribution is 0.589. The number of imidazole rings is 1. The number of nitrogens with zero attached hydrogens (tertiary/aromatic N) is 3. The Morgan fingerprint density at radius 2 is 1.59 bits per heavy atom. The van der Waals surface area contributed by atoms with E-state index in [0.717, 1.165) is 28.1 Å². The van der Waals surface area contributed by atoms with Gasteiger partial charge in [-0.05, 0) is 35.4 Å². The van der Waals surface area contributed by atoms with Gasteiger partial charge in [-0.2, -0.15) is 0 Å². The van der Waals surface area contributed by atoms with Gasteiger partial charge in [0.25, 0.3) is 0 Å². The first kappa shape index (κ1) is 17.8. The normalized spacial score (nSPS) is 15.7. The number of rotatable bonds is 3. The van der Waals surface area contributed by atoms with Crippen LogP contribution >= 0.6 is 11.6 Å². The Labute approximate surface area is 173 Å². The zero-order valence-electron chi connectivity index (χ0n) is 15.5. The van der Waals surface area contributed by atoms with Gasteiger partial charge in [0.15, 0.2) is 0 Å². The predicted octanol–water partition coefficient (Wildman–Crippen LogP) is 6.46. The monoisotopic (exact) mass is 401 g/mol. The molecule has 0 spiro atoms. The molecular weight excluding hydrogens is 385 g/mol. The topological polar surface area (TPSA) is 30.2 Å². The molecule has 0 radical (unpaired) electrons. The first-order valence-electron chi connectivity index (χ1n) is 9.40. The predicted molar refractivity (Wildman–Crippen MR) is 114 cm³/mol. The Bertz CT molecular complexity index is 1180. The summed E-state index contributed by atoms with van der Waals surface area (Å²) in [5.41, 5.74) is 4.88. The molecule has 1 aliphatic rings. The molecule has 1 unspecified atom stereocenters. The highest BCUT2D eigenvalue weighted by atomic mass is 35.5. The molecule has 0 fully saturated rings. The summed E-state index contributed by atoms with van der Waals surface area (Å²) < 4.78 is 15.6. The number of benzene rings is 3. The lowest BCUT2D eigenvalue weighted by Gasteiger charge is -2.25. The number of halogens is 2. The number of fused-ring (bicyclic) bond motifs is 1. The van der Waals surface area contributed by atoms with Gasteiger partial charge >= 0.3 is 0 Å². The fourth-order valence-corrected chi connectivity index (χ4v) is 3.81. The molecule has 0 bridgehead atoms. The average Bonchev–Trinajstić information content (AvgIpc) is 3.19. The maximum absolute atomic E-state index is 13.5. The van der Waals surface area contributed by atoms with Crippen LogP contribution in [0.15, 0.2) is 90.1 Å². The van der Waals surface area contributed by atoms with Gasteiger partial charge in [0, 0.05) is 23.2 Å². The maximum Gasteiger partial charge on any atom is 0.230 e. The fraction of sp³-hybridized carbons (Fsp3) is 0.0833. The molecule has 5 heteroatoms. The van der Waals surface area contributed by atoms with E-state index < -0.39 is 0 Å². The van der Waals surface area contributed by atoms with E-state index in [1.807, 2.05) is 72.9 Å². The molecule has 29 heavy (non-hydrogen) atoms. The van der Waals surface area contributed by atoms with Crippen LogP contribution in [-0.4, -0.2) is 15.3 Å². The van der Waals surface area contributed by atoms with Crippen molar-refractivity contribution < 1.29 is 4.39 Å². The first-order chi connectivity index (χ1) is 14.2. The summed E-state index contributed by atoms with van der Waals surface area (Å²) in [6, 6.07) is 24.3. The van der Waals surface area contributed by atoms with E-state index in [-0.39, 0.29) is 11.9 Å². The summed E-state index contributed by atoms with van der Waals surface area (Å²) >= 11 is 6.05. The van der Waals surface area contributed by atoms with Crippen molar-refractivity contribution in [3.05, 3.63) is 107 Å². The van der Waals surface area contributed by atoms with Gasteiger partial charge < -0.3 is 4.57 Å². The van der Waals surface area contributed by atoms with Crippen molar-refractivity contribution in [2.45, 2.75) is 12.5 Å². The number of hydrogen-bond acceptors (Lipinski definition) is 2. The van der Waals surface area contributed by atoms with E-state index in [9.17, 15) is 4.39 Å². The van der Waals surface area contributed by atoms with Crippen molar-refractivity contribution in [1.29, 1.82) is 0 Å². The Morgan fingerprint density at radius 3 is 2.31 bits per heavy atom. The third-order valence-corrected chi connectivity index (χ3v) is 5.42. The molecule has 1 atom stereocenters. The minimum Gasteiger partial charge on any atom is -0.307 e. The summed E-state index contributed by atoms with van der Waals surface area (Å²) in [5.74, 6) is 0.404. The minimum absolute atomic E-state index is 0.0151. The van der Waals surface area contributed by atoms with Gasteiger partial charge in [-0.25, -0.2) is 14.4 Å². The largest absolute Gasteiger partial charge is 0.307 e. The van der Waals surface area contributed by atoms with Crippen LogP contribution in [0, 0.1) is 5.82 Å². The van der Waals surface area contributed by atoms with Gasteiger partial charge in [0.1, 0.15) is 5.82 Å². The quantitative estimate of drug-likeness (QED) is 0.387. The molecule has 2 heterocycles. The highest BCUT2D eigenvalue weighted by Gasteiger charge is 2.26. The third-order valence-electron chi connectivity index (χ3n) is 5.17. The van der Waals surface area contributed by atoms with Crippen LogP contribution in [0.25, 0.3) is 11.3 Å². The Balaban J connectivity index is 1.63. The first-order valence-corrected chi connectivity index (χ1v) is 9.78. The summed E-state index contributed by atoms with van der Waals surface area (Å²) in [5, 5.41) is 0.688. The molecule has 0 N–H and O–H groups in total. The van der Waals surface area contributed by atoms with Gasteiger partial charge in [-0.15, -0.1) is 0 Å². The highest BCUT2D eigenvalue weighted by Crippen LogP contribution is 2.36. The van der Waals surface area contributed by atoms with Crippen LogP contribution in [0.2, 0.25) is 5.02 Å². The van der Waals surface area contributed by atoms with E-state index >= 15 is 0 Å². The summed E-state index contributed by atoms with van der Waals surface area (Å²) in [4.78, 5) is 9.62. The zero-order chi connectivity index (χ0) is 19.8. The van der Waals surface area contributed by atoms with E-state index in [2.05, 4.69) is 4.57 Å². The van der Waals surface area contributed by atoms with E-state index in [4.69, 9.17) is 21.6 Å². The smallest absolute Gasteiger partial charge is 0.230 e. The van der Waals surface area contributed by atoms with Crippen molar-refractivity contribution in [2.75, 3.05) is 0 Å². The van der Waals surface area contributed by atoms with Crippen molar-refractivity contribution in [1.82, 2.24) is 9.55 Å². The van der Waals surface area contributed by atoms with Crippen LogP contribution < -0.4 is 0 Å². The van der Waals surface area contributed by atoms with Gasteiger partial charge in [0.05, 0.1) is 17.4 Å². The molecule has 5 rings (SSSR count). The van der Waals surface area contributed by atoms with E-state index in [1.54, 1.807) is 0 Å². The van der Waals surface area contributed by atoms with Crippen LogP contribution in [-0.2, 0) is 0 Å². The zero-order valence-corrected chi connectivity index (χ0v) is 16.2. The van der Waals surface area contributed by atoms with Gasteiger partial charge in [0.2, 0.25) is 5.95 Å². The Hall–Kier alpha value is -3.24. The van der Waals surface area contributed by atoms with E-state index in [1.165, 1.54) is 12.1 Å². The van der Waals surface area contributed by atoms with Gasteiger partial charge in [-0.3, -0.25) is 0 Å². The van der Waals surface area contributed by atoms with Crippen molar-refractivity contribution >= 4 is 23.3 Å². The molecule has 4 aromatic rings. The Morgan fingerprint density at radius 1 is 0.862 bits per heavy atom. The number of aromatic nitrogens is 2. The lowest BCUT2D eigenvalue weighted by Crippen LogP contribution is -2.19. The molecule has 0 saturated carbocycles. The molecule has 3 aromatic carbocycles. The maximum atomic E-state index is 13.5. The van der Waals surface area contributed by atoms with Crippen LogP contribution in [0.5, 0.6) is 0 Å². The van der Waals surface area contributed by atoms with Crippen LogP contribution in [0.3, 0.4) is 0 Å². The third kappa shape index (κ3) is 3.47. The standard InChI is InChI=1S/C24H17ClFN3/c25-19-10-6-17(7-11-19)21-14-23(18-8-12-20(26)13-9-18)29-15-22(28-24(29)27-21)16-4-2-1-3-5-16/h1-13,15,23H,14H2. The molecule has 0 saturated heterocycles. The number of hydrogen-bond donors (Lipinski definition) is 0. The van der Waals surface area contributed by atoms with Crippen LogP contribution in [0.1, 0.15) is 23.6 Å². The second-order valence-corrected chi connectivity index (χ2v) is 7.47. The Kier molecular flexibility index (Phi) is 4.49. The van der Waals surface area contributed by atoms with Crippen LogP contribution in [0.4, 0.5) is 10.3 Å². The highest BCUT2D eigenvalue weighted by molar-refractivity contribution is 6.30. The molecule has 1 aliphatic heterocycles. The summed E-state index contributed by atoms with van der Waals surface area (Å²) in [6.07, 6.45) is 2.71. The molecule has 0 aliphatic carbocycles. The van der Waals surface area contributed by atoms with Gasteiger partial charge in [-0.1, -0.05) is 66.2 Å². The molecule has 142 valence electrons. The average molecular weight is 402 g/mol. The lowest BCUT2D eigenvalue weighted by atomic mass is 9.96.